The Labute approximate surface area is 391 Å². The van der Waals surface area contributed by atoms with Crippen molar-refractivity contribution in [3.63, 3.8) is 0 Å². The Balaban J connectivity index is 1.69. The number of carbonyl (C=O) groups excluding carboxylic acids is 4. The van der Waals surface area contributed by atoms with Gasteiger partial charge in [-0.25, -0.2) is 9.80 Å². The van der Waals surface area contributed by atoms with Crippen LogP contribution in [-0.2, 0) is 60.5 Å². The number of aliphatic hydroxyl groups is 1. The third-order valence-corrected chi connectivity index (χ3v) is 10.7. The highest BCUT2D eigenvalue weighted by Crippen LogP contribution is 2.30. The molecule has 366 valence electrons. The summed E-state index contributed by atoms with van der Waals surface area (Å²) in [6, 6.07) is 22.0. The summed E-state index contributed by atoms with van der Waals surface area (Å²) in [7, 11) is 2.90. The number of hydrogen-bond acceptors (Lipinski definition) is 14. The Kier molecular flexibility index (Phi) is 25.0. The first-order valence-corrected chi connectivity index (χ1v) is 22.6. The van der Waals surface area contributed by atoms with Crippen molar-refractivity contribution in [3.8, 4) is 11.3 Å². The number of Topliss-reactive ketones (excluding diaryl/α,β-unsaturated/α-hetero) is 1. The van der Waals surface area contributed by atoms with Gasteiger partial charge in [0.25, 0.3) is 0 Å². The van der Waals surface area contributed by atoms with E-state index in [-0.39, 0.29) is 44.9 Å². The average molecular weight is 923 g/mol. The lowest BCUT2D eigenvalue weighted by Gasteiger charge is -2.35. The topological polar surface area (TPSA) is 193 Å². The summed E-state index contributed by atoms with van der Waals surface area (Å²) in [5, 5.41) is 16.5. The minimum Gasteiger partial charge on any atom is -0.469 e. The summed E-state index contributed by atoms with van der Waals surface area (Å²) < 4.78 is 37.1. The first-order valence-electron chi connectivity index (χ1n) is 22.6. The molecule has 16 heteroatoms. The molecule has 3 rings (SSSR count). The van der Waals surface area contributed by atoms with Crippen molar-refractivity contribution in [1.29, 1.82) is 0 Å². The van der Waals surface area contributed by atoms with Gasteiger partial charge in [0.05, 0.1) is 96.8 Å². The molecule has 0 aliphatic heterocycles. The van der Waals surface area contributed by atoms with E-state index in [2.05, 4.69) is 15.7 Å². The van der Waals surface area contributed by atoms with Crippen molar-refractivity contribution < 1.29 is 57.4 Å². The lowest BCUT2D eigenvalue weighted by Crippen LogP contribution is -2.52. The summed E-state index contributed by atoms with van der Waals surface area (Å²) in [6.07, 6.45) is -0.0753. The van der Waals surface area contributed by atoms with E-state index in [0.29, 0.717) is 59.3 Å². The standard InChI is InChI=1S/C50H74N4O12/c1-49(2,3)41(34-45(57)61-8)47(58)53-54(35-38-17-19-39(20-18-38)42-16-12-13-21-51-42)36-44(56)40(32-37-14-10-9-11-15-37)33-43(55)46(50(4,5)6)52-48(59)66-31-30-65-29-28-64-27-26-63-25-24-62-23-22-60-7/h9-21,40-41,44,46,56H,22-36H2,1-8H3,(H,52,59)(H,53,58)/t40-,41-,44+,46-/m1/s1. The molecule has 0 aliphatic carbocycles. The summed E-state index contributed by atoms with van der Waals surface area (Å²) >= 11 is 0. The molecule has 3 aromatic rings. The van der Waals surface area contributed by atoms with Crippen LogP contribution < -0.4 is 10.7 Å². The van der Waals surface area contributed by atoms with Crippen molar-refractivity contribution in [2.45, 2.75) is 79.5 Å². The van der Waals surface area contributed by atoms with Gasteiger partial charge in [0, 0.05) is 38.4 Å². The predicted molar refractivity (Wildman–Crippen MR) is 250 cm³/mol. The maximum Gasteiger partial charge on any atom is 0.407 e. The van der Waals surface area contributed by atoms with Gasteiger partial charge < -0.3 is 43.6 Å². The minimum absolute atomic E-state index is 0.0401. The number of nitrogens with zero attached hydrogens (tertiary/aromatic N) is 2. The molecule has 0 radical (unpaired) electrons. The molecule has 0 bridgehead atoms. The molecule has 0 unspecified atom stereocenters. The van der Waals surface area contributed by atoms with Crippen LogP contribution in [0.5, 0.6) is 0 Å². The van der Waals surface area contributed by atoms with Crippen LogP contribution in [0.4, 0.5) is 4.79 Å². The molecule has 1 heterocycles. The SMILES string of the molecule is COCCOCCOCCOCCOCCOC(=O)N[C@H](C(=O)C[C@@H](Cc1ccccc1)[C@@H](O)CN(Cc1ccc(-c2ccccn2)cc1)NC(=O)[C@@H](CC(=O)OC)C(C)(C)C)C(C)(C)C. The highest BCUT2D eigenvalue weighted by atomic mass is 16.6. The number of aliphatic hydroxyl groups excluding tert-OH is 1. The van der Waals surface area contributed by atoms with Crippen LogP contribution in [-0.4, -0.2) is 138 Å². The molecule has 0 saturated heterocycles. The van der Waals surface area contributed by atoms with Gasteiger partial charge >= 0.3 is 12.1 Å². The fourth-order valence-corrected chi connectivity index (χ4v) is 7.01. The van der Waals surface area contributed by atoms with Gasteiger partial charge in [-0.2, -0.15) is 0 Å². The lowest BCUT2D eigenvalue weighted by atomic mass is 9.78. The van der Waals surface area contributed by atoms with Crippen LogP contribution in [0.2, 0.25) is 0 Å². The number of alkyl carbamates (subject to hydrolysis) is 1. The molecule has 2 aromatic carbocycles. The Bertz CT molecular complexity index is 1840. The number of benzene rings is 2. The molecule has 1 aromatic heterocycles. The summed E-state index contributed by atoms with van der Waals surface area (Å²) in [4.78, 5) is 58.3. The molecular weight excluding hydrogens is 849 g/mol. The molecule has 0 fully saturated rings. The molecule has 16 nitrogen and oxygen atoms in total. The van der Waals surface area contributed by atoms with Gasteiger partial charge in [-0.1, -0.05) is 102 Å². The summed E-state index contributed by atoms with van der Waals surface area (Å²) in [6.45, 7) is 14.9. The molecule has 4 atom stereocenters. The fraction of sp³-hybridized carbons (Fsp3) is 0.580. The molecular formula is C50H74N4O12. The molecule has 0 aliphatic rings. The van der Waals surface area contributed by atoms with E-state index in [9.17, 15) is 24.3 Å². The fourth-order valence-electron chi connectivity index (χ4n) is 7.01. The monoisotopic (exact) mass is 923 g/mol. The molecule has 0 saturated carbocycles. The number of pyridine rings is 1. The van der Waals surface area contributed by atoms with E-state index in [1.807, 2.05) is 114 Å². The molecule has 66 heavy (non-hydrogen) atoms. The summed E-state index contributed by atoms with van der Waals surface area (Å²) in [5.74, 6) is -2.60. The van der Waals surface area contributed by atoms with Crippen LogP contribution in [0, 0.1) is 22.7 Å². The highest BCUT2D eigenvalue weighted by molar-refractivity contribution is 5.88. The van der Waals surface area contributed by atoms with Crippen molar-refractivity contribution in [2.24, 2.45) is 22.7 Å². The van der Waals surface area contributed by atoms with E-state index in [4.69, 9.17) is 33.2 Å². The number of amides is 2. The minimum atomic E-state index is -1.14. The largest absolute Gasteiger partial charge is 0.469 e. The van der Waals surface area contributed by atoms with E-state index < -0.39 is 52.8 Å². The van der Waals surface area contributed by atoms with Crippen LogP contribution >= 0.6 is 0 Å². The van der Waals surface area contributed by atoms with Crippen molar-refractivity contribution in [3.05, 3.63) is 90.1 Å². The Morgan fingerprint density at radius 1 is 0.682 bits per heavy atom. The number of aromatic nitrogens is 1. The van der Waals surface area contributed by atoms with Gasteiger partial charge in [0.2, 0.25) is 5.91 Å². The Morgan fingerprint density at radius 2 is 1.26 bits per heavy atom. The zero-order valence-electron chi connectivity index (χ0n) is 40.3. The molecule has 3 N–H and O–H groups in total. The third kappa shape index (κ3) is 21.7. The van der Waals surface area contributed by atoms with Gasteiger partial charge in [-0.3, -0.25) is 24.8 Å². The number of carbonyl (C=O) groups is 4. The van der Waals surface area contributed by atoms with E-state index >= 15 is 0 Å². The van der Waals surface area contributed by atoms with E-state index in [1.165, 1.54) is 7.11 Å². The van der Waals surface area contributed by atoms with Crippen LogP contribution in [0.1, 0.15) is 65.5 Å². The number of hydrazine groups is 1. The first-order chi connectivity index (χ1) is 31.5. The van der Waals surface area contributed by atoms with Crippen LogP contribution in [0.3, 0.4) is 0 Å². The second kappa shape index (κ2) is 29.8. The van der Waals surface area contributed by atoms with E-state index in [1.54, 1.807) is 18.3 Å². The predicted octanol–water partition coefficient (Wildman–Crippen LogP) is 5.84. The van der Waals surface area contributed by atoms with Gasteiger partial charge in [-0.15, -0.1) is 0 Å². The number of rotatable bonds is 31. The second-order valence-corrected chi connectivity index (χ2v) is 18.2. The number of hydrogen-bond donors (Lipinski definition) is 3. The zero-order chi connectivity index (χ0) is 48.4. The maximum atomic E-state index is 14.3. The Morgan fingerprint density at radius 3 is 1.79 bits per heavy atom. The van der Waals surface area contributed by atoms with Gasteiger partial charge in [0.1, 0.15) is 6.61 Å². The molecule has 2 amide bonds. The quantitative estimate of drug-likeness (QED) is 0.0396. The van der Waals surface area contributed by atoms with E-state index in [0.717, 1.165) is 22.4 Å². The van der Waals surface area contributed by atoms with Gasteiger partial charge in [0.15, 0.2) is 5.78 Å². The van der Waals surface area contributed by atoms with Crippen molar-refractivity contribution in [2.75, 3.05) is 86.8 Å². The number of ketones is 1. The normalized spacial score (nSPS) is 13.7. The third-order valence-electron chi connectivity index (χ3n) is 10.7. The number of methoxy groups -OCH3 is 2. The number of esters is 1. The van der Waals surface area contributed by atoms with Crippen LogP contribution in [0.15, 0.2) is 79.0 Å². The van der Waals surface area contributed by atoms with Crippen molar-refractivity contribution in [1.82, 2.24) is 20.7 Å². The van der Waals surface area contributed by atoms with Crippen molar-refractivity contribution >= 4 is 23.8 Å². The smallest absolute Gasteiger partial charge is 0.407 e. The number of nitrogens with one attached hydrogen (secondary N) is 2. The highest BCUT2D eigenvalue weighted by Gasteiger charge is 2.38. The van der Waals surface area contributed by atoms with Gasteiger partial charge in [-0.05, 0) is 46.4 Å². The number of ether oxygens (including phenoxy) is 7. The van der Waals surface area contributed by atoms with Crippen LogP contribution in [0.25, 0.3) is 11.3 Å². The first kappa shape index (κ1) is 55.5. The Hall–Kier alpha value is -4.81. The molecule has 0 spiro atoms. The second-order valence-electron chi connectivity index (χ2n) is 18.2. The zero-order valence-corrected chi connectivity index (χ0v) is 40.3. The lowest BCUT2D eigenvalue weighted by molar-refractivity contribution is -0.148. The average Bonchev–Trinajstić information content (AvgIpc) is 3.28. The summed E-state index contributed by atoms with van der Waals surface area (Å²) in [5.41, 5.74) is 5.15. The maximum absolute atomic E-state index is 14.3.